The van der Waals surface area contributed by atoms with Crippen molar-refractivity contribution in [2.24, 2.45) is 0 Å². The van der Waals surface area contributed by atoms with Crippen LogP contribution in [-0.4, -0.2) is 29.5 Å². The number of rotatable bonds is 8. The number of nitrogens with one attached hydrogen (secondary N) is 2. The van der Waals surface area contributed by atoms with Crippen molar-refractivity contribution in [3.63, 3.8) is 0 Å². The van der Waals surface area contributed by atoms with Crippen molar-refractivity contribution in [3.8, 4) is 0 Å². The molecule has 0 aliphatic carbocycles. The van der Waals surface area contributed by atoms with E-state index in [1.54, 1.807) is 11.8 Å². The molecule has 0 bridgehead atoms. The van der Waals surface area contributed by atoms with E-state index in [2.05, 4.69) is 10.6 Å². The fourth-order valence-electron chi connectivity index (χ4n) is 3.92. The van der Waals surface area contributed by atoms with Gasteiger partial charge in [0.2, 0.25) is 0 Å². The topological polar surface area (TPSA) is 106 Å². The second kappa shape index (κ2) is 12.1. The van der Waals surface area contributed by atoms with Crippen molar-refractivity contribution in [1.82, 2.24) is 5.32 Å². The largest absolute Gasteiger partial charge is 0.398 e. The zero-order valence-corrected chi connectivity index (χ0v) is 20.5. The number of carbonyl (C=O) groups excluding carboxylic acids is 1. The van der Waals surface area contributed by atoms with Gasteiger partial charge in [0.15, 0.2) is 6.29 Å². The van der Waals surface area contributed by atoms with Gasteiger partial charge in [-0.05, 0) is 42.3 Å². The fourth-order valence-corrected chi connectivity index (χ4v) is 4.91. The molecule has 1 aliphatic heterocycles. The van der Waals surface area contributed by atoms with Gasteiger partial charge in [-0.2, -0.15) is 0 Å². The number of anilines is 2. The second-order valence-electron chi connectivity index (χ2n) is 8.31. The number of amides is 2. The second-order valence-corrected chi connectivity index (χ2v) is 9.37. The Hall–Kier alpha value is -3.04. The molecule has 184 valence electrons. The van der Waals surface area contributed by atoms with Crippen molar-refractivity contribution >= 4 is 29.2 Å². The maximum atomic E-state index is 12.0. The highest BCUT2D eigenvalue weighted by molar-refractivity contribution is 7.99. The smallest absolute Gasteiger partial charge is 0.319 e. The zero-order valence-electron chi connectivity index (χ0n) is 19.6. The van der Waals surface area contributed by atoms with Gasteiger partial charge in [0.05, 0.1) is 18.8 Å². The lowest BCUT2D eigenvalue weighted by atomic mass is 10.0. The van der Waals surface area contributed by atoms with E-state index in [-0.39, 0.29) is 24.8 Å². The summed E-state index contributed by atoms with van der Waals surface area (Å²) < 4.78 is 12.8. The average molecular weight is 494 g/mol. The summed E-state index contributed by atoms with van der Waals surface area (Å²) in [6, 6.07) is 22.9. The number of nitrogens with two attached hydrogens (primary N) is 1. The van der Waals surface area contributed by atoms with Crippen LogP contribution in [0.2, 0.25) is 0 Å². The summed E-state index contributed by atoms with van der Waals surface area (Å²) >= 11 is 1.67. The van der Waals surface area contributed by atoms with Gasteiger partial charge in [-0.25, -0.2) is 4.79 Å². The summed E-state index contributed by atoms with van der Waals surface area (Å²) in [6.07, 6.45) is -0.173. The van der Waals surface area contributed by atoms with Crippen LogP contribution in [0.3, 0.4) is 0 Å². The minimum atomic E-state index is -0.596. The molecular weight excluding hydrogens is 462 g/mol. The number of carbonyl (C=O) groups is 1. The minimum Gasteiger partial charge on any atom is -0.398 e. The van der Waals surface area contributed by atoms with Gasteiger partial charge in [0, 0.05) is 40.6 Å². The van der Waals surface area contributed by atoms with E-state index in [4.69, 9.17) is 15.2 Å². The van der Waals surface area contributed by atoms with Gasteiger partial charge in [-0.3, -0.25) is 0 Å². The summed E-state index contributed by atoms with van der Waals surface area (Å²) in [5.74, 6) is 0.718. The van der Waals surface area contributed by atoms with E-state index in [0.717, 1.165) is 33.0 Å². The van der Waals surface area contributed by atoms with Crippen LogP contribution in [-0.2, 0) is 16.1 Å². The van der Waals surface area contributed by atoms with Gasteiger partial charge in [-0.15, -0.1) is 11.8 Å². The standard InChI is InChI=1S/C27H31N3O4S/c1-2-29-27(32)30-21-7-5-6-20(14-21)26-33-22(17-35-25-9-4-3-8-23(25)28)15-24(34-26)19-12-10-18(16-31)11-13-19/h3-14,22,24,26,31H,2,15-17,28H2,1H3,(H2,29,30,32)/t22-,24+,26?/m0/s1. The third kappa shape index (κ3) is 6.76. The van der Waals surface area contributed by atoms with E-state index in [1.807, 2.05) is 79.7 Å². The monoisotopic (exact) mass is 493 g/mol. The summed E-state index contributed by atoms with van der Waals surface area (Å²) in [4.78, 5) is 13.0. The first kappa shape index (κ1) is 25.1. The Morgan fingerprint density at radius 2 is 1.86 bits per heavy atom. The molecule has 3 aromatic carbocycles. The van der Waals surface area contributed by atoms with Crippen LogP contribution in [0.1, 0.15) is 42.4 Å². The number of hydrogen-bond donors (Lipinski definition) is 4. The number of hydrogen-bond acceptors (Lipinski definition) is 6. The highest BCUT2D eigenvalue weighted by Crippen LogP contribution is 2.40. The average Bonchev–Trinajstić information content (AvgIpc) is 2.88. The lowest BCUT2D eigenvalue weighted by molar-refractivity contribution is -0.245. The van der Waals surface area contributed by atoms with E-state index >= 15 is 0 Å². The van der Waals surface area contributed by atoms with Crippen LogP contribution in [0.4, 0.5) is 16.2 Å². The number of aliphatic hydroxyl groups is 1. The predicted octanol–water partition coefficient (Wildman–Crippen LogP) is 5.24. The number of aliphatic hydroxyl groups excluding tert-OH is 1. The molecule has 0 radical (unpaired) electrons. The Bertz CT molecular complexity index is 1130. The predicted molar refractivity (Wildman–Crippen MR) is 139 cm³/mol. The summed E-state index contributed by atoms with van der Waals surface area (Å²) in [5, 5.41) is 15.0. The van der Waals surface area contributed by atoms with E-state index in [1.165, 1.54) is 0 Å². The van der Waals surface area contributed by atoms with Crippen LogP contribution in [0.15, 0.2) is 77.7 Å². The van der Waals surface area contributed by atoms with Crippen molar-refractivity contribution in [2.75, 3.05) is 23.3 Å². The van der Waals surface area contributed by atoms with E-state index in [0.29, 0.717) is 18.7 Å². The molecule has 1 aliphatic rings. The molecule has 8 heteroatoms. The summed E-state index contributed by atoms with van der Waals surface area (Å²) in [7, 11) is 0. The SMILES string of the molecule is CCNC(=O)Nc1cccc(C2O[C@H](CSc3ccccc3N)C[C@H](c3ccc(CO)cc3)O2)c1. The van der Waals surface area contributed by atoms with Crippen molar-refractivity contribution in [2.45, 2.75) is 43.3 Å². The number of urea groups is 1. The molecule has 1 fully saturated rings. The molecule has 0 spiro atoms. The fraction of sp³-hybridized carbons (Fsp3) is 0.296. The van der Waals surface area contributed by atoms with Gasteiger partial charge >= 0.3 is 6.03 Å². The first-order valence-electron chi connectivity index (χ1n) is 11.7. The number of nitrogen functional groups attached to an aromatic ring is 1. The molecule has 1 unspecified atom stereocenters. The third-order valence-corrected chi connectivity index (χ3v) is 6.93. The molecule has 0 saturated carbocycles. The van der Waals surface area contributed by atoms with Gasteiger partial charge in [0.25, 0.3) is 0 Å². The molecule has 1 saturated heterocycles. The Labute approximate surface area is 210 Å². The van der Waals surface area contributed by atoms with Crippen LogP contribution < -0.4 is 16.4 Å². The van der Waals surface area contributed by atoms with Crippen LogP contribution in [0.5, 0.6) is 0 Å². The normalized spacial score (nSPS) is 19.8. The molecule has 2 amide bonds. The van der Waals surface area contributed by atoms with Gasteiger partial charge in [0.1, 0.15) is 0 Å². The Kier molecular flexibility index (Phi) is 8.65. The molecule has 3 atom stereocenters. The van der Waals surface area contributed by atoms with Crippen molar-refractivity contribution in [3.05, 3.63) is 89.5 Å². The van der Waals surface area contributed by atoms with Crippen molar-refractivity contribution < 1.29 is 19.4 Å². The van der Waals surface area contributed by atoms with E-state index < -0.39 is 6.29 Å². The number of ether oxygens (including phenoxy) is 2. The molecular formula is C27H31N3O4S. The van der Waals surface area contributed by atoms with E-state index in [9.17, 15) is 9.90 Å². The third-order valence-electron chi connectivity index (χ3n) is 5.71. The summed E-state index contributed by atoms with van der Waals surface area (Å²) in [5.41, 5.74) is 10.3. The van der Waals surface area contributed by atoms with Gasteiger partial charge < -0.3 is 30.9 Å². The molecule has 5 N–H and O–H groups in total. The Morgan fingerprint density at radius 3 is 2.60 bits per heavy atom. The highest BCUT2D eigenvalue weighted by atomic mass is 32.2. The maximum absolute atomic E-state index is 12.0. The summed E-state index contributed by atoms with van der Waals surface area (Å²) in [6.45, 7) is 2.41. The van der Waals surface area contributed by atoms with Crippen LogP contribution >= 0.6 is 11.8 Å². The highest BCUT2D eigenvalue weighted by Gasteiger charge is 2.32. The van der Waals surface area contributed by atoms with Crippen molar-refractivity contribution in [1.29, 1.82) is 0 Å². The minimum absolute atomic E-state index is 0.000698. The maximum Gasteiger partial charge on any atom is 0.319 e. The molecule has 0 aromatic heterocycles. The lowest BCUT2D eigenvalue weighted by Crippen LogP contribution is -2.31. The molecule has 7 nitrogen and oxygen atoms in total. The van der Waals surface area contributed by atoms with Gasteiger partial charge in [-0.1, -0.05) is 48.5 Å². The molecule has 3 aromatic rings. The Morgan fingerprint density at radius 1 is 1.06 bits per heavy atom. The lowest BCUT2D eigenvalue weighted by Gasteiger charge is -2.36. The first-order valence-corrected chi connectivity index (χ1v) is 12.7. The number of para-hydroxylation sites is 1. The van der Waals surface area contributed by atoms with Crippen LogP contribution in [0, 0.1) is 0 Å². The molecule has 1 heterocycles. The number of thioether (sulfide) groups is 1. The quantitative estimate of drug-likeness (QED) is 0.253. The molecule has 4 rings (SSSR count). The molecule has 35 heavy (non-hydrogen) atoms. The van der Waals surface area contributed by atoms with Crippen LogP contribution in [0.25, 0.3) is 0 Å². The number of benzene rings is 3. The zero-order chi connectivity index (χ0) is 24.6. The first-order chi connectivity index (χ1) is 17.1. The Balaban J connectivity index is 1.54.